The molecule has 1 aliphatic rings. The van der Waals surface area contributed by atoms with Crippen molar-refractivity contribution in [1.82, 2.24) is 25.1 Å². The van der Waals surface area contributed by atoms with Crippen molar-refractivity contribution in [2.24, 2.45) is 0 Å². The molecule has 1 aliphatic carbocycles. The average Bonchev–Trinajstić information content (AvgIpc) is 3.28. The van der Waals surface area contributed by atoms with E-state index in [9.17, 15) is 4.79 Å². The van der Waals surface area contributed by atoms with Gasteiger partial charge in [-0.25, -0.2) is 4.98 Å². The molecule has 1 N–H and O–H groups in total. The second-order valence-electron chi connectivity index (χ2n) is 6.33. The lowest BCUT2D eigenvalue weighted by molar-refractivity contribution is 0.0952. The van der Waals surface area contributed by atoms with E-state index in [1.165, 1.54) is 11.3 Å². The van der Waals surface area contributed by atoms with Gasteiger partial charge in [0.2, 0.25) is 0 Å². The first-order valence-electron chi connectivity index (χ1n) is 8.61. The van der Waals surface area contributed by atoms with Crippen LogP contribution in [0.1, 0.15) is 45.1 Å². The van der Waals surface area contributed by atoms with Crippen molar-refractivity contribution in [2.75, 3.05) is 0 Å². The van der Waals surface area contributed by atoms with Crippen LogP contribution >= 0.6 is 22.9 Å². The summed E-state index contributed by atoms with van der Waals surface area (Å²) in [4.78, 5) is 17.6. The van der Waals surface area contributed by atoms with Crippen molar-refractivity contribution < 1.29 is 9.53 Å². The van der Waals surface area contributed by atoms with Gasteiger partial charge in [0.05, 0.1) is 12.2 Å². The molecule has 0 bridgehead atoms. The Morgan fingerprint density at radius 3 is 2.89 bits per heavy atom. The molecular weight excluding hydrogens is 386 g/mol. The standard InChI is InChI=1S/C18H18ClN5O2S/c1-11-17(18(25)20-8-15-23-21-10-24(15)13-4-5-13)27-16(22-11)9-26-14-6-2-12(19)3-7-14/h2-3,6-7,10,13H,4-5,8-9H2,1H3,(H,20,25). The Morgan fingerprint density at radius 2 is 2.15 bits per heavy atom. The molecule has 4 rings (SSSR count). The minimum Gasteiger partial charge on any atom is -0.486 e. The first-order chi connectivity index (χ1) is 13.1. The minimum absolute atomic E-state index is 0.159. The molecule has 9 heteroatoms. The van der Waals surface area contributed by atoms with Crippen LogP contribution in [0.5, 0.6) is 5.75 Å². The van der Waals surface area contributed by atoms with Crippen LogP contribution in [0.3, 0.4) is 0 Å². The van der Waals surface area contributed by atoms with Crippen molar-refractivity contribution in [1.29, 1.82) is 0 Å². The number of nitrogens with one attached hydrogen (secondary N) is 1. The van der Waals surface area contributed by atoms with Gasteiger partial charge in [-0.05, 0) is 44.0 Å². The van der Waals surface area contributed by atoms with Crippen LogP contribution in [0.4, 0.5) is 0 Å². The van der Waals surface area contributed by atoms with E-state index in [-0.39, 0.29) is 5.91 Å². The summed E-state index contributed by atoms with van der Waals surface area (Å²) in [6, 6.07) is 7.61. The van der Waals surface area contributed by atoms with E-state index in [0.717, 1.165) is 23.7 Å². The molecule has 7 nitrogen and oxygen atoms in total. The van der Waals surface area contributed by atoms with Gasteiger partial charge in [-0.3, -0.25) is 4.79 Å². The fourth-order valence-electron chi connectivity index (χ4n) is 2.69. The quantitative estimate of drug-likeness (QED) is 0.652. The number of halogens is 1. The van der Waals surface area contributed by atoms with Crippen molar-refractivity contribution in [2.45, 2.75) is 39.0 Å². The van der Waals surface area contributed by atoms with Crippen LogP contribution in [-0.4, -0.2) is 25.7 Å². The van der Waals surface area contributed by atoms with Gasteiger partial charge in [0.25, 0.3) is 5.91 Å². The molecule has 0 spiro atoms. The van der Waals surface area contributed by atoms with E-state index in [1.54, 1.807) is 30.6 Å². The smallest absolute Gasteiger partial charge is 0.263 e. The second kappa shape index (κ2) is 7.66. The Hall–Kier alpha value is -2.45. The number of aromatic nitrogens is 4. The molecule has 0 radical (unpaired) electrons. The summed E-state index contributed by atoms with van der Waals surface area (Å²) >= 11 is 7.20. The predicted octanol–water partition coefficient (Wildman–Crippen LogP) is 3.54. The number of aryl methyl sites for hydroxylation is 1. The molecular formula is C18H18ClN5O2S. The van der Waals surface area contributed by atoms with Gasteiger partial charge in [0, 0.05) is 11.1 Å². The molecule has 1 aromatic carbocycles. The number of amides is 1. The molecule has 3 aromatic rings. The third kappa shape index (κ3) is 4.28. The molecule has 1 saturated carbocycles. The summed E-state index contributed by atoms with van der Waals surface area (Å²) in [5.74, 6) is 1.32. The number of carbonyl (C=O) groups excluding carboxylic acids is 1. The monoisotopic (exact) mass is 403 g/mol. The van der Waals surface area contributed by atoms with Crippen molar-refractivity contribution >= 4 is 28.8 Å². The molecule has 27 heavy (non-hydrogen) atoms. The molecule has 1 fully saturated rings. The maximum absolute atomic E-state index is 12.5. The number of ether oxygens (including phenoxy) is 1. The summed E-state index contributed by atoms with van der Waals surface area (Å²) in [7, 11) is 0. The Morgan fingerprint density at radius 1 is 1.37 bits per heavy atom. The Kier molecular flexibility index (Phi) is 5.09. The Balaban J connectivity index is 1.36. The Labute approximate surface area is 165 Å². The van der Waals surface area contributed by atoms with Crippen LogP contribution in [-0.2, 0) is 13.2 Å². The molecule has 1 amide bonds. The third-order valence-electron chi connectivity index (χ3n) is 4.22. The molecule has 0 saturated heterocycles. The van der Waals surface area contributed by atoms with Gasteiger partial charge >= 0.3 is 0 Å². The molecule has 0 unspecified atom stereocenters. The van der Waals surface area contributed by atoms with Gasteiger partial charge in [-0.15, -0.1) is 21.5 Å². The highest BCUT2D eigenvalue weighted by Crippen LogP contribution is 2.35. The van der Waals surface area contributed by atoms with Crippen LogP contribution in [0.15, 0.2) is 30.6 Å². The van der Waals surface area contributed by atoms with Crippen LogP contribution in [0.25, 0.3) is 0 Å². The topological polar surface area (TPSA) is 81.9 Å². The first-order valence-corrected chi connectivity index (χ1v) is 9.81. The maximum atomic E-state index is 12.5. The number of carbonyl (C=O) groups is 1. The molecule has 2 aromatic heterocycles. The van der Waals surface area contributed by atoms with E-state index >= 15 is 0 Å². The second-order valence-corrected chi connectivity index (χ2v) is 7.85. The van der Waals surface area contributed by atoms with Gasteiger partial charge in [0.15, 0.2) is 5.82 Å². The minimum atomic E-state index is -0.159. The number of hydrogen-bond acceptors (Lipinski definition) is 6. The highest BCUT2D eigenvalue weighted by atomic mass is 35.5. The van der Waals surface area contributed by atoms with Crippen LogP contribution < -0.4 is 10.1 Å². The SMILES string of the molecule is Cc1nc(COc2ccc(Cl)cc2)sc1C(=O)NCc1nncn1C1CC1. The molecule has 0 aliphatic heterocycles. The highest BCUT2D eigenvalue weighted by molar-refractivity contribution is 7.13. The van der Waals surface area contributed by atoms with E-state index in [1.807, 2.05) is 11.5 Å². The number of nitrogens with zero attached hydrogens (tertiary/aromatic N) is 4. The Bertz CT molecular complexity index is 949. The van der Waals surface area contributed by atoms with Gasteiger partial charge in [-0.2, -0.15) is 0 Å². The van der Waals surface area contributed by atoms with Gasteiger partial charge in [0.1, 0.15) is 28.6 Å². The van der Waals surface area contributed by atoms with Gasteiger partial charge in [-0.1, -0.05) is 11.6 Å². The molecule has 2 heterocycles. The predicted molar refractivity (Wildman–Crippen MR) is 102 cm³/mol. The molecule has 0 atom stereocenters. The lowest BCUT2D eigenvalue weighted by atomic mass is 10.3. The lowest BCUT2D eigenvalue weighted by Gasteiger charge is -2.06. The normalized spacial score (nSPS) is 13.6. The number of hydrogen-bond donors (Lipinski definition) is 1. The van der Waals surface area contributed by atoms with Crippen LogP contribution in [0.2, 0.25) is 5.02 Å². The lowest BCUT2D eigenvalue weighted by Crippen LogP contribution is -2.24. The van der Waals surface area contributed by atoms with E-state index < -0.39 is 0 Å². The average molecular weight is 404 g/mol. The third-order valence-corrected chi connectivity index (χ3v) is 5.60. The summed E-state index contributed by atoms with van der Waals surface area (Å²) in [6.45, 7) is 2.48. The van der Waals surface area contributed by atoms with E-state index in [2.05, 4.69) is 20.5 Å². The van der Waals surface area contributed by atoms with Crippen molar-refractivity contribution in [3.05, 3.63) is 57.0 Å². The van der Waals surface area contributed by atoms with Crippen LogP contribution in [0, 0.1) is 6.92 Å². The number of thiazole rings is 1. The van der Waals surface area contributed by atoms with Crippen molar-refractivity contribution in [3.63, 3.8) is 0 Å². The zero-order chi connectivity index (χ0) is 18.8. The fourth-order valence-corrected chi connectivity index (χ4v) is 3.71. The summed E-state index contributed by atoms with van der Waals surface area (Å²) in [5.41, 5.74) is 0.691. The number of rotatable bonds is 7. The zero-order valence-electron chi connectivity index (χ0n) is 14.7. The fraction of sp³-hybridized carbons (Fsp3) is 0.333. The van der Waals surface area contributed by atoms with Gasteiger partial charge < -0.3 is 14.6 Å². The summed E-state index contributed by atoms with van der Waals surface area (Å²) < 4.78 is 7.73. The highest BCUT2D eigenvalue weighted by Gasteiger charge is 2.26. The summed E-state index contributed by atoms with van der Waals surface area (Å²) in [5, 5.41) is 12.3. The molecule has 140 valence electrons. The zero-order valence-corrected chi connectivity index (χ0v) is 16.3. The first kappa shape index (κ1) is 17.9. The van der Waals surface area contributed by atoms with E-state index in [0.29, 0.717) is 40.5 Å². The van der Waals surface area contributed by atoms with E-state index in [4.69, 9.17) is 16.3 Å². The van der Waals surface area contributed by atoms with Crippen molar-refractivity contribution in [3.8, 4) is 5.75 Å². The largest absolute Gasteiger partial charge is 0.486 e. The maximum Gasteiger partial charge on any atom is 0.263 e. The number of benzene rings is 1. The summed E-state index contributed by atoms with van der Waals surface area (Å²) in [6.07, 6.45) is 4.01.